The lowest BCUT2D eigenvalue weighted by atomic mass is 9.99. The van der Waals surface area contributed by atoms with Crippen LogP contribution in [0.15, 0.2) is 59.3 Å². The van der Waals surface area contributed by atoms with Crippen LogP contribution in [0.5, 0.6) is 0 Å². The molecule has 134 valence electrons. The van der Waals surface area contributed by atoms with Gasteiger partial charge in [-0.15, -0.1) is 0 Å². The van der Waals surface area contributed by atoms with Gasteiger partial charge >= 0.3 is 0 Å². The summed E-state index contributed by atoms with van der Waals surface area (Å²) in [6.45, 7) is 2.00. The van der Waals surface area contributed by atoms with E-state index in [4.69, 9.17) is 4.52 Å². The second-order valence-electron chi connectivity index (χ2n) is 7.18. The molecule has 1 saturated carbocycles. The normalized spacial score (nSPS) is 15.1. The number of carbonyl (C=O) groups is 1. The second kappa shape index (κ2) is 6.20. The molecular formula is C22H19N3O2. The number of amides is 1. The first-order valence-electron chi connectivity index (χ1n) is 9.24. The minimum atomic E-state index is -0.146. The van der Waals surface area contributed by atoms with E-state index < -0.39 is 0 Å². The number of carbonyl (C=O) groups excluding carboxylic acids is 1. The van der Waals surface area contributed by atoms with Crippen molar-refractivity contribution in [2.75, 3.05) is 0 Å². The lowest BCUT2D eigenvalue weighted by Crippen LogP contribution is -2.26. The van der Waals surface area contributed by atoms with E-state index in [1.165, 1.54) is 0 Å². The van der Waals surface area contributed by atoms with E-state index in [1.54, 1.807) is 6.20 Å². The molecule has 0 saturated heterocycles. The van der Waals surface area contributed by atoms with Crippen LogP contribution in [-0.2, 0) is 0 Å². The van der Waals surface area contributed by atoms with Crippen LogP contribution in [0.2, 0.25) is 0 Å². The van der Waals surface area contributed by atoms with Gasteiger partial charge in [0.05, 0.1) is 22.7 Å². The van der Waals surface area contributed by atoms with Gasteiger partial charge in [-0.2, -0.15) is 0 Å². The van der Waals surface area contributed by atoms with Crippen molar-refractivity contribution in [1.29, 1.82) is 0 Å². The summed E-state index contributed by atoms with van der Waals surface area (Å²) < 4.78 is 5.29. The molecule has 1 atom stereocenters. The molecule has 2 heterocycles. The first kappa shape index (κ1) is 16.0. The van der Waals surface area contributed by atoms with Crippen molar-refractivity contribution in [3.8, 4) is 0 Å². The highest BCUT2D eigenvalue weighted by Crippen LogP contribution is 2.42. The zero-order chi connectivity index (χ0) is 18.4. The number of pyridine rings is 1. The maximum Gasteiger partial charge on any atom is 0.257 e. The van der Waals surface area contributed by atoms with Crippen LogP contribution in [0.1, 0.15) is 53.3 Å². The van der Waals surface area contributed by atoms with Crippen LogP contribution in [0.4, 0.5) is 0 Å². The maximum absolute atomic E-state index is 12.8. The van der Waals surface area contributed by atoms with Crippen molar-refractivity contribution < 1.29 is 9.32 Å². The number of fused-ring (bicyclic) bond motifs is 2. The number of hydrogen-bond donors (Lipinski definition) is 1. The molecule has 2 aromatic carbocycles. The summed E-state index contributed by atoms with van der Waals surface area (Å²) in [7, 11) is 0. The van der Waals surface area contributed by atoms with Crippen LogP contribution in [0, 0.1) is 0 Å². The summed E-state index contributed by atoms with van der Waals surface area (Å²) in [5, 5.41) is 10.4. The Kier molecular flexibility index (Phi) is 3.67. The molecule has 5 nitrogen and oxygen atoms in total. The maximum atomic E-state index is 12.8. The standard InChI is InChI=1S/C22H19N3O2/c1-13(17-8-4-6-14-5-2-3-7-18(14)17)24-21(26)16-11-19-20(15-9-10-15)25-27-22(19)23-12-16/h2-8,11-13,15H,9-10H2,1H3,(H,24,26). The molecule has 1 fully saturated rings. The van der Waals surface area contributed by atoms with Gasteiger partial charge in [0.2, 0.25) is 0 Å². The zero-order valence-electron chi connectivity index (χ0n) is 15.0. The fourth-order valence-electron chi connectivity index (χ4n) is 3.61. The minimum absolute atomic E-state index is 0.121. The molecule has 27 heavy (non-hydrogen) atoms. The van der Waals surface area contributed by atoms with Gasteiger partial charge in [-0.25, -0.2) is 4.98 Å². The average molecular weight is 357 g/mol. The molecule has 0 spiro atoms. The molecule has 5 heteroatoms. The van der Waals surface area contributed by atoms with E-state index in [1.807, 2.05) is 31.2 Å². The molecule has 5 rings (SSSR count). The fraction of sp³-hybridized carbons (Fsp3) is 0.227. The third-order valence-electron chi connectivity index (χ3n) is 5.22. The lowest BCUT2D eigenvalue weighted by molar-refractivity contribution is 0.0940. The van der Waals surface area contributed by atoms with Gasteiger partial charge in [0.25, 0.3) is 11.6 Å². The molecule has 0 radical (unpaired) electrons. The smallest absolute Gasteiger partial charge is 0.257 e. The van der Waals surface area contributed by atoms with Crippen molar-refractivity contribution in [2.24, 2.45) is 0 Å². The molecule has 1 unspecified atom stereocenters. The SMILES string of the molecule is CC(NC(=O)c1cnc2onc(C3CC3)c2c1)c1cccc2ccccc12. The lowest BCUT2D eigenvalue weighted by Gasteiger charge is -2.16. The summed E-state index contributed by atoms with van der Waals surface area (Å²) in [5.74, 6) is 0.300. The van der Waals surface area contributed by atoms with E-state index in [-0.39, 0.29) is 11.9 Å². The molecule has 0 aliphatic heterocycles. The summed E-state index contributed by atoms with van der Waals surface area (Å²) >= 11 is 0. The van der Waals surface area contributed by atoms with Crippen LogP contribution < -0.4 is 5.32 Å². The van der Waals surface area contributed by atoms with Gasteiger partial charge < -0.3 is 9.84 Å². The molecule has 1 aliphatic carbocycles. The van der Waals surface area contributed by atoms with E-state index in [9.17, 15) is 4.79 Å². The van der Waals surface area contributed by atoms with Crippen molar-refractivity contribution >= 4 is 27.8 Å². The average Bonchev–Trinajstić information content (AvgIpc) is 3.46. The molecule has 4 aromatic rings. The Morgan fingerprint density at radius 3 is 2.81 bits per heavy atom. The number of rotatable bonds is 4. The van der Waals surface area contributed by atoms with Gasteiger partial charge in [0, 0.05) is 12.1 Å². The Bertz CT molecular complexity index is 1160. The Balaban J connectivity index is 1.44. The summed E-state index contributed by atoms with van der Waals surface area (Å²) in [6.07, 6.45) is 3.79. The third-order valence-corrected chi connectivity index (χ3v) is 5.22. The quantitative estimate of drug-likeness (QED) is 0.572. The van der Waals surface area contributed by atoms with Crippen molar-refractivity contribution in [1.82, 2.24) is 15.5 Å². The molecule has 2 aromatic heterocycles. The van der Waals surface area contributed by atoms with Crippen LogP contribution in [-0.4, -0.2) is 16.0 Å². The van der Waals surface area contributed by atoms with E-state index in [2.05, 4.69) is 39.7 Å². The summed E-state index contributed by atoms with van der Waals surface area (Å²) in [6, 6.07) is 16.1. The molecular weight excluding hydrogens is 338 g/mol. The molecule has 0 bridgehead atoms. The largest absolute Gasteiger partial charge is 0.345 e. The van der Waals surface area contributed by atoms with Crippen molar-refractivity contribution in [3.63, 3.8) is 0 Å². The molecule has 1 amide bonds. The Labute approximate surface area is 156 Å². The number of nitrogens with zero attached hydrogens (tertiary/aromatic N) is 2. The van der Waals surface area contributed by atoms with Crippen LogP contribution in [0.3, 0.4) is 0 Å². The molecule has 1 aliphatic rings. The van der Waals surface area contributed by atoms with Crippen LogP contribution in [0.25, 0.3) is 21.9 Å². The van der Waals surface area contributed by atoms with E-state index in [0.29, 0.717) is 17.2 Å². The fourth-order valence-corrected chi connectivity index (χ4v) is 3.61. The highest BCUT2D eigenvalue weighted by molar-refractivity contribution is 5.97. The highest BCUT2D eigenvalue weighted by Gasteiger charge is 2.29. The summed E-state index contributed by atoms with van der Waals surface area (Å²) in [5.41, 5.74) is 3.05. The van der Waals surface area contributed by atoms with Gasteiger partial charge in [0.1, 0.15) is 0 Å². The van der Waals surface area contributed by atoms with E-state index >= 15 is 0 Å². The Hall–Kier alpha value is -3.21. The monoisotopic (exact) mass is 357 g/mol. The highest BCUT2D eigenvalue weighted by atomic mass is 16.5. The number of nitrogens with one attached hydrogen (secondary N) is 1. The van der Waals surface area contributed by atoms with Crippen LogP contribution >= 0.6 is 0 Å². The van der Waals surface area contributed by atoms with Crippen molar-refractivity contribution in [3.05, 3.63) is 71.5 Å². The van der Waals surface area contributed by atoms with Gasteiger partial charge in [-0.1, -0.05) is 47.6 Å². The Morgan fingerprint density at radius 2 is 1.96 bits per heavy atom. The molecule has 1 N–H and O–H groups in total. The first-order valence-corrected chi connectivity index (χ1v) is 9.24. The minimum Gasteiger partial charge on any atom is -0.345 e. The predicted molar refractivity (Wildman–Crippen MR) is 104 cm³/mol. The summed E-state index contributed by atoms with van der Waals surface area (Å²) in [4.78, 5) is 17.1. The van der Waals surface area contributed by atoms with Gasteiger partial charge in [-0.3, -0.25) is 4.79 Å². The predicted octanol–water partition coefficient (Wildman–Crippen LogP) is 4.74. The first-order chi connectivity index (χ1) is 13.2. The number of hydrogen-bond acceptors (Lipinski definition) is 4. The van der Waals surface area contributed by atoms with Gasteiger partial charge in [-0.05, 0) is 42.2 Å². The number of benzene rings is 2. The zero-order valence-corrected chi connectivity index (χ0v) is 15.0. The number of aromatic nitrogens is 2. The topological polar surface area (TPSA) is 68.0 Å². The van der Waals surface area contributed by atoms with Crippen molar-refractivity contribution in [2.45, 2.75) is 31.7 Å². The Morgan fingerprint density at radius 1 is 1.15 bits per heavy atom. The third kappa shape index (κ3) is 2.85. The van der Waals surface area contributed by atoms with E-state index in [0.717, 1.165) is 40.3 Å². The second-order valence-corrected chi connectivity index (χ2v) is 7.18. The van der Waals surface area contributed by atoms with Gasteiger partial charge in [0.15, 0.2) is 0 Å².